The molecule has 10 heterocycles. The molecule has 30 rings (SSSR count). The number of hydrogen-bond acceptors (Lipinski definition) is 6. The topological polar surface area (TPSA) is 59.1 Å². The van der Waals surface area contributed by atoms with Gasteiger partial charge >= 0.3 is 0 Å². The van der Waals surface area contributed by atoms with E-state index in [1.807, 2.05) is 64.3 Å². The summed E-state index contributed by atoms with van der Waals surface area (Å²) < 4.78 is 36.8. The Bertz CT molecular complexity index is 9970. The molecule has 0 N–H and O–H groups in total. The van der Waals surface area contributed by atoms with Gasteiger partial charge in [0.25, 0.3) is 0 Å². The Balaban J connectivity index is 0.000000103. The summed E-state index contributed by atoms with van der Waals surface area (Å²) in [5.41, 5.74) is 26.8. The van der Waals surface area contributed by atoms with Crippen LogP contribution in [0.1, 0.15) is 0 Å². The molecule has 0 spiro atoms. The van der Waals surface area contributed by atoms with E-state index >= 15 is 0 Å². The smallest absolute Gasteiger partial charge is 0.159 e. The van der Waals surface area contributed by atoms with Crippen LogP contribution in [-0.4, -0.2) is 18.3 Å². The van der Waals surface area contributed by atoms with Gasteiger partial charge in [-0.25, -0.2) is 0 Å². The van der Waals surface area contributed by atoms with E-state index in [1.165, 1.54) is 165 Å². The lowest BCUT2D eigenvalue weighted by Gasteiger charge is -2.10. The summed E-state index contributed by atoms with van der Waals surface area (Å²) >= 11 is 5.66. The highest BCUT2D eigenvalue weighted by Gasteiger charge is 2.26. The van der Waals surface area contributed by atoms with Crippen molar-refractivity contribution < 1.29 is 13.3 Å². The number of furan rings is 3. The van der Waals surface area contributed by atoms with Crippen LogP contribution in [0.25, 0.3) is 270 Å². The fourth-order valence-electron chi connectivity index (χ4n) is 21.2. The largest absolute Gasteiger partial charge is 0.455 e. The third kappa shape index (κ3) is 10.9. The van der Waals surface area contributed by atoms with Gasteiger partial charge < -0.3 is 31.5 Å². The van der Waals surface area contributed by atoms with Crippen molar-refractivity contribution in [3.05, 3.63) is 425 Å². The number of nitrogens with zero attached hydrogens (tertiary/aromatic N) is 4. The van der Waals surface area contributed by atoms with E-state index in [4.69, 9.17) is 13.3 Å². The Kier molecular flexibility index (Phi) is 16.0. The Morgan fingerprint density at radius 3 is 1.04 bits per heavy atom. The number of thiophene rings is 3. The summed E-state index contributed by atoms with van der Waals surface area (Å²) in [6.45, 7) is 0. The highest BCUT2D eigenvalue weighted by Crippen LogP contribution is 2.51. The van der Waals surface area contributed by atoms with Gasteiger partial charge in [0.1, 0.15) is 27.9 Å². The number of aromatic nitrogens is 4. The van der Waals surface area contributed by atoms with Crippen LogP contribution >= 0.6 is 34.0 Å². The first-order valence-electron chi connectivity index (χ1n) is 44.1. The zero-order valence-corrected chi connectivity index (χ0v) is 72.1. The average molecular weight is 1710 g/mol. The molecular weight excluding hydrogens is 1640 g/mol. The van der Waals surface area contributed by atoms with Crippen molar-refractivity contribution in [2.45, 2.75) is 0 Å². The molecule has 0 aliphatic heterocycles. The molecule has 606 valence electrons. The monoisotopic (exact) mass is 1710 g/mol. The highest BCUT2D eigenvalue weighted by atomic mass is 32.1. The summed E-state index contributed by atoms with van der Waals surface area (Å²) in [5.74, 6) is 0. The van der Waals surface area contributed by atoms with Gasteiger partial charge in [-0.15, -0.1) is 34.0 Å². The van der Waals surface area contributed by atoms with E-state index in [1.54, 1.807) is 0 Å². The maximum absolute atomic E-state index is 6.46. The second-order valence-corrected chi connectivity index (χ2v) is 37.1. The summed E-state index contributed by atoms with van der Waals surface area (Å²) in [4.78, 5) is 0. The molecule has 10 heteroatoms. The van der Waals surface area contributed by atoms with Gasteiger partial charge in [-0.3, -0.25) is 0 Å². The number of benzene rings is 20. The first kappa shape index (κ1) is 72.9. The maximum atomic E-state index is 6.46. The van der Waals surface area contributed by atoms with Crippen LogP contribution in [0.2, 0.25) is 0 Å². The molecule has 130 heavy (non-hydrogen) atoms. The molecule has 0 aliphatic carbocycles. The van der Waals surface area contributed by atoms with Gasteiger partial charge in [-0.2, -0.15) is 0 Å². The molecule has 0 bridgehead atoms. The van der Waals surface area contributed by atoms with Gasteiger partial charge in [-0.05, 0) is 150 Å². The minimum atomic E-state index is 0.914. The number of fused-ring (bicyclic) bond motifs is 33. The van der Waals surface area contributed by atoms with Crippen LogP contribution < -0.4 is 0 Å². The van der Waals surface area contributed by atoms with Crippen LogP contribution in [-0.2, 0) is 0 Å². The van der Waals surface area contributed by atoms with Crippen LogP contribution in [0.4, 0.5) is 0 Å². The number of hydrogen-bond donors (Lipinski definition) is 0. The molecule has 30 aromatic rings. The summed E-state index contributed by atoms with van der Waals surface area (Å²) in [7, 11) is 0. The lowest BCUT2D eigenvalue weighted by Crippen LogP contribution is -1.94. The van der Waals surface area contributed by atoms with Crippen molar-refractivity contribution in [1.29, 1.82) is 0 Å². The lowest BCUT2D eigenvalue weighted by atomic mass is 10.00. The van der Waals surface area contributed by atoms with E-state index in [9.17, 15) is 0 Å². The van der Waals surface area contributed by atoms with E-state index in [0.29, 0.717) is 0 Å². The molecule has 0 fully saturated rings. The Morgan fingerprint density at radius 2 is 0.508 bits per heavy atom. The van der Waals surface area contributed by atoms with Crippen molar-refractivity contribution in [3.8, 4) is 56.1 Å². The average Bonchev–Trinajstić information content (AvgIpc) is 1.57. The lowest BCUT2D eigenvalue weighted by molar-refractivity contribution is 0.666. The highest BCUT2D eigenvalue weighted by molar-refractivity contribution is 7.27. The molecule has 0 amide bonds. The molecule has 0 aliphatic rings. The minimum Gasteiger partial charge on any atom is -0.455 e. The van der Waals surface area contributed by atoms with Crippen molar-refractivity contribution >= 4 is 248 Å². The van der Waals surface area contributed by atoms with Crippen LogP contribution in [0.3, 0.4) is 0 Å². The Labute approximate surface area is 754 Å². The molecule has 0 atom stereocenters. The predicted octanol–water partition coefficient (Wildman–Crippen LogP) is 35.3. The molecule has 0 radical (unpaired) electrons. The van der Waals surface area contributed by atoms with Crippen molar-refractivity contribution in [1.82, 2.24) is 18.3 Å². The van der Waals surface area contributed by atoms with Crippen molar-refractivity contribution in [2.24, 2.45) is 0 Å². The molecule has 10 aromatic heterocycles. The van der Waals surface area contributed by atoms with Crippen molar-refractivity contribution in [3.63, 3.8) is 0 Å². The quantitative estimate of drug-likeness (QED) is 0.160. The summed E-state index contributed by atoms with van der Waals surface area (Å²) in [6, 6.07) is 153. The standard InChI is InChI=1S/C54H32N2OS.C36H21NOS.C30H17NOS/c1-2-11-36(12-3-1)55-46-18-7-4-13-39(46)44-31-34(23-28-47(44)55)35-24-29-48-45(32-35)52-49(30-27-43-41-15-6-9-20-51(41)58-54(43)52)56(48)37-25-21-33(22-26-37)38-16-10-17-42-40-14-5-8-19-50(40)57-53(38)42;1-4-13-31-25(8-1)28-20-21-30-27-10-3-6-15-33(27)39-36(30)34(28)37(31)23-18-16-22(17-19-23)24-11-7-12-29-26-9-2-5-14-32(26)38-35(24)29;1-4-12-24-18(8-1)21-16-17-23-20-10-3-6-15-27(20)33-30(23)28(21)31(24)25-13-7-11-22-19-9-2-5-14-26(19)32-29(22)25/h1-32H;1-21H;1-17H. The molecule has 7 nitrogen and oxygen atoms in total. The zero-order valence-electron chi connectivity index (χ0n) is 69.7. The van der Waals surface area contributed by atoms with Gasteiger partial charge in [0.15, 0.2) is 5.58 Å². The summed E-state index contributed by atoms with van der Waals surface area (Å²) in [5, 5.41) is 25.0. The van der Waals surface area contributed by atoms with Crippen LogP contribution in [0, 0.1) is 0 Å². The Morgan fingerprint density at radius 1 is 0.177 bits per heavy atom. The SMILES string of the molecule is c1ccc(-n2c3ccccc3c3cc(-c4ccc5c(c4)c4c6sc7ccccc7c6ccc4n5-c4ccc(-c5cccc6c5oc5ccccc56)cc4)ccc32)cc1.c1ccc2c(c1)oc1c(-c3ccc(-n4c5ccccc5c5ccc6c7ccccc7sc6c54)cc3)cccc12.c1ccc2c(c1)oc1c(-n3c4ccccc4c4ccc5c6ccccc6sc5c43)cccc12. The third-order valence-corrected chi connectivity index (χ3v) is 30.5. The van der Waals surface area contributed by atoms with E-state index in [-0.39, 0.29) is 0 Å². The second kappa shape index (κ2) is 28.6. The Hall–Kier alpha value is -16.3. The van der Waals surface area contributed by atoms with Gasteiger partial charge in [0, 0.05) is 155 Å². The molecular formula is C120H70N4O3S3. The maximum Gasteiger partial charge on any atom is 0.159 e. The van der Waals surface area contributed by atoms with Gasteiger partial charge in [-0.1, -0.05) is 297 Å². The minimum absolute atomic E-state index is 0.914. The van der Waals surface area contributed by atoms with Gasteiger partial charge in [0.2, 0.25) is 0 Å². The first-order chi connectivity index (χ1) is 64.5. The molecule has 0 unspecified atom stereocenters. The molecule has 0 saturated heterocycles. The normalized spacial score (nSPS) is 12.2. The molecule has 20 aromatic carbocycles. The fourth-order valence-corrected chi connectivity index (χ4v) is 24.9. The van der Waals surface area contributed by atoms with Crippen LogP contribution in [0.5, 0.6) is 0 Å². The molecule has 0 saturated carbocycles. The predicted molar refractivity (Wildman–Crippen MR) is 553 cm³/mol. The van der Waals surface area contributed by atoms with E-state index in [0.717, 1.165) is 105 Å². The van der Waals surface area contributed by atoms with Crippen LogP contribution in [0.15, 0.2) is 438 Å². The fraction of sp³-hybridized carbons (Fsp3) is 0. The van der Waals surface area contributed by atoms with Gasteiger partial charge in [0.05, 0.1) is 59.2 Å². The summed E-state index contributed by atoms with van der Waals surface area (Å²) in [6.07, 6.45) is 0. The van der Waals surface area contributed by atoms with E-state index in [2.05, 4.69) is 413 Å². The second-order valence-electron chi connectivity index (χ2n) is 33.9. The van der Waals surface area contributed by atoms with Crippen molar-refractivity contribution in [2.75, 3.05) is 0 Å². The van der Waals surface area contributed by atoms with E-state index < -0.39 is 0 Å². The number of para-hydroxylation sites is 10. The zero-order chi connectivity index (χ0) is 84.9. The number of rotatable bonds is 7. The third-order valence-electron chi connectivity index (χ3n) is 27.0. The first-order valence-corrected chi connectivity index (χ1v) is 46.5.